The summed E-state index contributed by atoms with van der Waals surface area (Å²) in [7, 11) is 0. The fourth-order valence-electron chi connectivity index (χ4n) is 2.59. The van der Waals surface area contributed by atoms with Crippen molar-refractivity contribution >= 4 is 41.2 Å². The molecule has 0 atom stereocenters. The molecule has 3 aromatic rings. The van der Waals surface area contributed by atoms with Gasteiger partial charge in [0.05, 0.1) is 0 Å². The molecule has 157 valence electrons. The first-order valence-electron chi connectivity index (χ1n) is 9.00. The van der Waals surface area contributed by atoms with Crippen molar-refractivity contribution in [2.24, 2.45) is 5.16 Å². The van der Waals surface area contributed by atoms with E-state index in [4.69, 9.17) is 15.3 Å². The van der Waals surface area contributed by atoms with E-state index >= 15 is 0 Å². The standard InChI is InChI=1S/C21H17N4O5S/c22-20(28)18(21-24-16(12-31-21)23-13-26)25-29-11-17(27)30-19(14-7-3-1-4-8-14)15-9-5-2-6-10-15/h1-10,12-13,19,22H,11H2,(H,23,26). The van der Waals surface area contributed by atoms with Gasteiger partial charge in [-0.15, -0.1) is 11.3 Å². The number of hydrogen-bond acceptors (Lipinski definition) is 8. The molecule has 0 bridgehead atoms. The Kier molecular flexibility index (Phi) is 7.44. The van der Waals surface area contributed by atoms with Crippen LogP contribution in [0.5, 0.6) is 0 Å². The van der Waals surface area contributed by atoms with Gasteiger partial charge in [-0.25, -0.2) is 9.78 Å². The number of aromatic nitrogens is 1. The summed E-state index contributed by atoms with van der Waals surface area (Å²) in [6, 6.07) is 18.5. The number of carbonyl (C=O) groups excluding carboxylic acids is 3. The van der Waals surface area contributed by atoms with Crippen LogP contribution in [0, 0.1) is 0 Å². The minimum atomic E-state index is -1.15. The van der Waals surface area contributed by atoms with Crippen LogP contribution in [0.25, 0.3) is 0 Å². The Morgan fingerprint density at radius 2 is 1.71 bits per heavy atom. The summed E-state index contributed by atoms with van der Waals surface area (Å²) in [5.74, 6) is -1.65. The van der Waals surface area contributed by atoms with Crippen LogP contribution in [-0.2, 0) is 24.0 Å². The summed E-state index contributed by atoms with van der Waals surface area (Å²) in [6.45, 7) is -0.572. The lowest BCUT2D eigenvalue weighted by atomic mass is 10.0. The number of hydrogen-bond donors (Lipinski definition) is 1. The first-order chi connectivity index (χ1) is 15.1. The molecule has 0 fully saturated rings. The highest BCUT2D eigenvalue weighted by Gasteiger charge is 2.20. The zero-order valence-electron chi connectivity index (χ0n) is 16.1. The van der Waals surface area contributed by atoms with Gasteiger partial charge in [0, 0.05) is 5.38 Å². The van der Waals surface area contributed by atoms with Gasteiger partial charge in [0.15, 0.2) is 11.1 Å². The van der Waals surface area contributed by atoms with E-state index in [0.29, 0.717) is 6.41 Å². The van der Waals surface area contributed by atoms with Crippen LogP contribution >= 0.6 is 11.3 Å². The van der Waals surface area contributed by atoms with Gasteiger partial charge < -0.3 is 14.9 Å². The van der Waals surface area contributed by atoms with Crippen molar-refractivity contribution in [1.82, 2.24) is 10.7 Å². The van der Waals surface area contributed by atoms with E-state index in [-0.39, 0.29) is 16.5 Å². The molecule has 9 nitrogen and oxygen atoms in total. The highest BCUT2D eigenvalue weighted by atomic mass is 32.1. The molecule has 1 aromatic heterocycles. The largest absolute Gasteiger partial charge is 0.450 e. The predicted octanol–water partition coefficient (Wildman–Crippen LogP) is 2.57. The topological polar surface area (TPSA) is 131 Å². The minimum absolute atomic E-state index is 0.0733. The van der Waals surface area contributed by atoms with E-state index in [9.17, 15) is 14.4 Å². The second kappa shape index (κ2) is 10.6. The summed E-state index contributed by atoms with van der Waals surface area (Å²) in [5, 5.41) is 7.44. The summed E-state index contributed by atoms with van der Waals surface area (Å²) >= 11 is 0.990. The van der Waals surface area contributed by atoms with Crippen LogP contribution < -0.4 is 11.1 Å². The van der Waals surface area contributed by atoms with Crippen LogP contribution in [0.2, 0.25) is 0 Å². The van der Waals surface area contributed by atoms with Gasteiger partial charge in [0.25, 0.3) is 5.91 Å². The average Bonchev–Trinajstić information content (AvgIpc) is 3.24. The van der Waals surface area contributed by atoms with E-state index in [0.717, 1.165) is 22.5 Å². The Morgan fingerprint density at radius 3 is 2.26 bits per heavy atom. The van der Waals surface area contributed by atoms with E-state index in [2.05, 4.69) is 15.5 Å². The Labute approximate surface area is 181 Å². The highest BCUT2D eigenvalue weighted by molar-refractivity contribution is 7.13. The Balaban J connectivity index is 1.69. The molecule has 0 aliphatic heterocycles. The van der Waals surface area contributed by atoms with Crippen LogP contribution in [0.15, 0.2) is 71.2 Å². The van der Waals surface area contributed by atoms with Crippen LogP contribution in [0.3, 0.4) is 0 Å². The third-order valence-corrected chi connectivity index (χ3v) is 4.77. The molecule has 10 heteroatoms. The zero-order chi connectivity index (χ0) is 22.1. The predicted molar refractivity (Wildman–Crippen MR) is 113 cm³/mol. The lowest BCUT2D eigenvalue weighted by Crippen LogP contribution is -2.19. The third kappa shape index (κ3) is 5.97. The van der Waals surface area contributed by atoms with Gasteiger partial charge in [-0.2, -0.15) is 0 Å². The number of ether oxygens (including phenoxy) is 1. The molecule has 0 aliphatic rings. The Bertz CT molecular complexity index is 1030. The smallest absolute Gasteiger partial charge is 0.347 e. The summed E-state index contributed by atoms with van der Waals surface area (Å²) in [5.41, 5.74) is 8.49. The van der Waals surface area contributed by atoms with E-state index in [1.165, 1.54) is 5.38 Å². The lowest BCUT2D eigenvalue weighted by Gasteiger charge is -2.18. The van der Waals surface area contributed by atoms with Gasteiger partial charge >= 0.3 is 5.97 Å². The maximum atomic E-state index is 12.4. The van der Waals surface area contributed by atoms with E-state index in [1.807, 2.05) is 60.7 Å². The summed E-state index contributed by atoms with van der Waals surface area (Å²) in [4.78, 5) is 43.3. The zero-order valence-corrected chi connectivity index (χ0v) is 16.9. The van der Waals surface area contributed by atoms with Crippen molar-refractivity contribution in [3.63, 3.8) is 0 Å². The van der Waals surface area contributed by atoms with Crippen molar-refractivity contribution in [2.45, 2.75) is 6.10 Å². The molecule has 2 aromatic carbocycles. The molecule has 0 spiro atoms. The molecular formula is C21H17N4O5S. The number of amides is 2. The molecule has 0 saturated carbocycles. The number of anilines is 1. The summed E-state index contributed by atoms with van der Waals surface area (Å²) < 4.78 is 5.58. The number of rotatable bonds is 10. The van der Waals surface area contributed by atoms with Crippen LogP contribution in [0.1, 0.15) is 22.2 Å². The van der Waals surface area contributed by atoms with Crippen LogP contribution in [0.4, 0.5) is 5.82 Å². The minimum Gasteiger partial charge on any atom is -0.450 e. The quantitative estimate of drug-likeness (QED) is 0.224. The maximum absolute atomic E-state index is 12.4. The van der Waals surface area contributed by atoms with Crippen LogP contribution in [-0.4, -0.2) is 35.6 Å². The van der Waals surface area contributed by atoms with Crippen molar-refractivity contribution in [3.05, 3.63) is 82.2 Å². The lowest BCUT2D eigenvalue weighted by molar-refractivity contribution is -0.153. The monoisotopic (exact) mass is 437 g/mol. The van der Waals surface area contributed by atoms with E-state index < -0.39 is 24.6 Å². The Hall–Kier alpha value is -4.05. The molecular weight excluding hydrogens is 420 g/mol. The van der Waals surface area contributed by atoms with Gasteiger partial charge in [-0.3, -0.25) is 15.3 Å². The average molecular weight is 437 g/mol. The second-order valence-electron chi connectivity index (χ2n) is 6.03. The van der Waals surface area contributed by atoms with Crippen molar-refractivity contribution in [2.75, 3.05) is 11.9 Å². The van der Waals surface area contributed by atoms with Crippen molar-refractivity contribution in [3.8, 4) is 0 Å². The molecule has 3 rings (SSSR count). The maximum Gasteiger partial charge on any atom is 0.347 e. The van der Waals surface area contributed by atoms with E-state index in [1.54, 1.807) is 0 Å². The number of thiazole rings is 1. The fourth-order valence-corrected chi connectivity index (χ4v) is 3.32. The normalized spacial score (nSPS) is 11.1. The molecule has 0 unspecified atom stereocenters. The number of esters is 1. The molecule has 0 saturated heterocycles. The van der Waals surface area contributed by atoms with Crippen molar-refractivity contribution < 1.29 is 24.0 Å². The number of nitrogens with zero attached hydrogens (tertiary/aromatic N) is 2. The number of benzene rings is 2. The van der Waals surface area contributed by atoms with Gasteiger partial charge in [-0.1, -0.05) is 65.8 Å². The molecule has 1 heterocycles. The first kappa shape index (κ1) is 21.7. The molecule has 2 N–H and O–H groups in total. The number of carbonyl (C=O) groups is 3. The summed E-state index contributed by atoms with van der Waals surface area (Å²) in [6.07, 6.45) is -0.212. The fraction of sp³-hybridized carbons (Fsp3) is 0.0952. The molecule has 1 radical (unpaired) electrons. The van der Waals surface area contributed by atoms with Gasteiger partial charge in [0.2, 0.25) is 18.7 Å². The van der Waals surface area contributed by atoms with Crippen molar-refractivity contribution in [1.29, 1.82) is 0 Å². The molecule has 31 heavy (non-hydrogen) atoms. The number of nitrogens with one attached hydrogen (secondary N) is 2. The van der Waals surface area contributed by atoms with Gasteiger partial charge in [0.1, 0.15) is 5.82 Å². The molecule has 2 amide bonds. The Morgan fingerprint density at radius 1 is 1.10 bits per heavy atom. The second-order valence-corrected chi connectivity index (χ2v) is 6.89. The molecule has 0 aliphatic carbocycles. The van der Waals surface area contributed by atoms with Gasteiger partial charge in [-0.05, 0) is 11.1 Å². The first-order valence-corrected chi connectivity index (χ1v) is 9.87. The third-order valence-electron chi connectivity index (χ3n) is 3.92. The SMILES string of the molecule is [NH]C(=O)C(=NOCC(=O)OC(c1ccccc1)c1ccccc1)c1nc(NC=O)cs1. The number of oxime groups is 1. The highest BCUT2D eigenvalue weighted by Crippen LogP contribution is 2.26.